The van der Waals surface area contributed by atoms with Crippen molar-refractivity contribution in [2.45, 2.75) is 12.8 Å². The molecule has 1 aliphatic rings. The summed E-state index contributed by atoms with van der Waals surface area (Å²) in [7, 11) is -3.56. The topological polar surface area (TPSA) is 69.7 Å². The predicted octanol–water partition coefficient (Wildman–Crippen LogP) is 2.69. The molecule has 26 heavy (non-hydrogen) atoms. The summed E-state index contributed by atoms with van der Waals surface area (Å²) in [6.45, 7) is 1.86. The fourth-order valence-electron chi connectivity index (χ4n) is 3.06. The maximum atomic E-state index is 12.4. The van der Waals surface area contributed by atoms with Crippen LogP contribution in [0.5, 0.6) is 0 Å². The van der Waals surface area contributed by atoms with Crippen molar-refractivity contribution >= 4 is 33.0 Å². The van der Waals surface area contributed by atoms with Crippen LogP contribution < -0.4 is 14.5 Å². The van der Waals surface area contributed by atoms with Crippen LogP contribution in [0.2, 0.25) is 0 Å². The molecule has 1 aliphatic heterocycles. The molecule has 0 radical (unpaired) electrons. The number of nitrogens with one attached hydrogen (secondary N) is 1. The molecule has 1 saturated heterocycles. The second-order valence-corrected chi connectivity index (χ2v) is 8.30. The number of carbonyl (C=O) groups excluding carboxylic acids is 1. The summed E-state index contributed by atoms with van der Waals surface area (Å²) in [5, 5.41) is 2.77. The lowest BCUT2D eigenvalue weighted by molar-refractivity contribution is -0.114. The molecule has 0 spiro atoms. The van der Waals surface area contributed by atoms with Crippen LogP contribution in [0.25, 0.3) is 0 Å². The molecule has 1 fully saturated rings. The molecule has 0 aromatic heterocycles. The van der Waals surface area contributed by atoms with Crippen molar-refractivity contribution in [3.05, 3.63) is 54.6 Å². The Hall–Kier alpha value is -2.54. The fraction of sp³-hybridized carbons (Fsp3) is 0.316. The molecule has 2 aromatic rings. The van der Waals surface area contributed by atoms with Crippen LogP contribution in [0.3, 0.4) is 0 Å². The molecule has 1 heterocycles. The van der Waals surface area contributed by atoms with Crippen LogP contribution >= 0.6 is 0 Å². The summed E-state index contributed by atoms with van der Waals surface area (Å²) in [5.74, 6) is -0.381. The van der Waals surface area contributed by atoms with Crippen molar-refractivity contribution in [2.24, 2.45) is 0 Å². The molecule has 2 aromatic carbocycles. The Morgan fingerprint density at radius 1 is 1.04 bits per heavy atom. The zero-order valence-electron chi connectivity index (χ0n) is 14.8. The van der Waals surface area contributed by atoms with Gasteiger partial charge in [0.25, 0.3) is 0 Å². The smallest absolute Gasteiger partial charge is 0.245 e. The van der Waals surface area contributed by atoms with E-state index in [4.69, 9.17) is 0 Å². The van der Waals surface area contributed by atoms with Crippen molar-refractivity contribution in [3.63, 3.8) is 0 Å². The van der Waals surface area contributed by atoms with E-state index in [9.17, 15) is 13.2 Å². The van der Waals surface area contributed by atoms with E-state index in [1.807, 2.05) is 24.3 Å². The van der Waals surface area contributed by atoms with Crippen molar-refractivity contribution in [2.75, 3.05) is 40.4 Å². The highest BCUT2D eigenvalue weighted by atomic mass is 32.2. The maximum Gasteiger partial charge on any atom is 0.245 e. The number of nitrogens with zero attached hydrogens (tertiary/aromatic N) is 2. The maximum absolute atomic E-state index is 12.4. The first-order chi connectivity index (χ1) is 12.4. The molecule has 0 atom stereocenters. The van der Waals surface area contributed by atoms with Crippen LogP contribution in [0.4, 0.5) is 17.1 Å². The van der Waals surface area contributed by atoms with E-state index in [1.54, 1.807) is 30.3 Å². The monoisotopic (exact) mass is 373 g/mol. The van der Waals surface area contributed by atoms with Crippen molar-refractivity contribution in [1.82, 2.24) is 0 Å². The molecular formula is C19H23N3O3S. The molecule has 138 valence electrons. The van der Waals surface area contributed by atoms with Gasteiger partial charge < -0.3 is 10.2 Å². The van der Waals surface area contributed by atoms with E-state index in [0.717, 1.165) is 29.3 Å². The van der Waals surface area contributed by atoms with Crippen molar-refractivity contribution in [3.8, 4) is 0 Å². The number of amides is 1. The van der Waals surface area contributed by atoms with Crippen LogP contribution in [0, 0.1) is 0 Å². The number of carbonyl (C=O) groups is 1. The Balaban J connectivity index is 1.67. The van der Waals surface area contributed by atoms with E-state index in [0.29, 0.717) is 11.4 Å². The number of hydrogen-bond donors (Lipinski definition) is 1. The highest BCUT2D eigenvalue weighted by Crippen LogP contribution is 2.22. The van der Waals surface area contributed by atoms with Gasteiger partial charge in [0.2, 0.25) is 15.9 Å². The molecule has 0 aliphatic carbocycles. The average Bonchev–Trinajstić information content (AvgIpc) is 3.15. The summed E-state index contributed by atoms with van der Waals surface area (Å²) in [4.78, 5) is 14.7. The number of benzene rings is 2. The number of sulfonamides is 1. The van der Waals surface area contributed by atoms with Gasteiger partial charge in [0.1, 0.15) is 6.54 Å². The Bertz CT molecular complexity index is 845. The third-order valence-electron chi connectivity index (χ3n) is 4.35. The molecule has 0 saturated carbocycles. The summed E-state index contributed by atoms with van der Waals surface area (Å²) >= 11 is 0. The lowest BCUT2D eigenvalue weighted by Gasteiger charge is -2.22. The van der Waals surface area contributed by atoms with Crippen molar-refractivity contribution < 1.29 is 13.2 Å². The highest BCUT2D eigenvalue weighted by molar-refractivity contribution is 7.92. The summed E-state index contributed by atoms with van der Waals surface area (Å²) in [6, 6.07) is 16.3. The van der Waals surface area contributed by atoms with Gasteiger partial charge in [-0.05, 0) is 49.2 Å². The van der Waals surface area contributed by atoms with Crippen LogP contribution in [0.15, 0.2) is 54.6 Å². The zero-order chi connectivity index (χ0) is 18.6. The number of rotatable bonds is 6. The van der Waals surface area contributed by atoms with Crippen LogP contribution in [0.1, 0.15) is 12.8 Å². The van der Waals surface area contributed by atoms with E-state index < -0.39 is 10.0 Å². The molecule has 1 amide bonds. The normalized spacial score (nSPS) is 14.3. The lowest BCUT2D eigenvalue weighted by atomic mass is 10.2. The van der Waals surface area contributed by atoms with Gasteiger partial charge in [0.05, 0.1) is 11.9 Å². The molecule has 0 unspecified atom stereocenters. The summed E-state index contributed by atoms with van der Waals surface area (Å²) < 4.78 is 25.2. The van der Waals surface area contributed by atoms with Gasteiger partial charge in [-0.15, -0.1) is 0 Å². The largest absolute Gasteiger partial charge is 0.372 e. The molecule has 6 nitrogen and oxygen atoms in total. The summed E-state index contributed by atoms with van der Waals surface area (Å²) in [5.41, 5.74) is 2.26. The van der Waals surface area contributed by atoms with Gasteiger partial charge in [-0.1, -0.05) is 18.2 Å². The minimum absolute atomic E-state index is 0.267. The molecule has 1 N–H and O–H groups in total. The SMILES string of the molecule is CS(=O)(=O)N(CC(=O)Nc1ccc(N2CCCC2)cc1)c1ccccc1. The fourth-order valence-corrected chi connectivity index (χ4v) is 3.91. The molecule has 3 rings (SSSR count). The Morgan fingerprint density at radius 2 is 1.65 bits per heavy atom. The van der Waals surface area contributed by atoms with Crippen LogP contribution in [-0.2, 0) is 14.8 Å². The third-order valence-corrected chi connectivity index (χ3v) is 5.49. The van der Waals surface area contributed by atoms with Gasteiger partial charge in [-0.3, -0.25) is 9.10 Å². The van der Waals surface area contributed by atoms with Gasteiger partial charge in [-0.2, -0.15) is 0 Å². The van der Waals surface area contributed by atoms with E-state index in [1.165, 1.54) is 12.8 Å². The first-order valence-electron chi connectivity index (χ1n) is 8.61. The van der Waals surface area contributed by atoms with Crippen LogP contribution in [-0.4, -0.2) is 40.2 Å². The minimum atomic E-state index is -3.56. The Morgan fingerprint density at radius 3 is 2.23 bits per heavy atom. The molecular weight excluding hydrogens is 350 g/mol. The zero-order valence-corrected chi connectivity index (χ0v) is 15.6. The molecule has 7 heteroatoms. The quantitative estimate of drug-likeness (QED) is 0.845. The number of anilines is 3. The van der Waals surface area contributed by atoms with E-state index >= 15 is 0 Å². The second kappa shape index (κ2) is 7.78. The summed E-state index contributed by atoms with van der Waals surface area (Å²) in [6.07, 6.45) is 3.51. The third kappa shape index (κ3) is 4.54. The molecule has 0 bridgehead atoms. The van der Waals surface area contributed by atoms with E-state index in [2.05, 4.69) is 10.2 Å². The first-order valence-corrected chi connectivity index (χ1v) is 10.5. The lowest BCUT2D eigenvalue weighted by Crippen LogP contribution is -2.37. The van der Waals surface area contributed by atoms with E-state index in [-0.39, 0.29) is 12.5 Å². The predicted molar refractivity (Wildman–Crippen MR) is 105 cm³/mol. The number of para-hydroxylation sites is 1. The Kier molecular flexibility index (Phi) is 5.46. The minimum Gasteiger partial charge on any atom is -0.372 e. The second-order valence-electron chi connectivity index (χ2n) is 6.39. The first kappa shape index (κ1) is 18.3. The highest BCUT2D eigenvalue weighted by Gasteiger charge is 2.20. The van der Waals surface area contributed by atoms with Gasteiger partial charge >= 0.3 is 0 Å². The van der Waals surface area contributed by atoms with Crippen molar-refractivity contribution in [1.29, 1.82) is 0 Å². The Labute approximate surface area is 154 Å². The standard InChI is InChI=1S/C19H23N3O3S/c1-26(24,25)22(18-7-3-2-4-8-18)15-19(23)20-16-9-11-17(12-10-16)21-13-5-6-14-21/h2-4,7-12H,5-6,13-15H2,1H3,(H,20,23). The van der Waals surface area contributed by atoms with Gasteiger partial charge in [0.15, 0.2) is 0 Å². The van der Waals surface area contributed by atoms with Gasteiger partial charge in [0, 0.05) is 24.5 Å². The van der Waals surface area contributed by atoms with Gasteiger partial charge in [-0.25, -0.2) is 8.42 Å². The number of hydrogen-bond acceptors (Lipinski definition) is 4. The average molecular weight is 373 g/mol.